The van der Waals surface area contributed by atoms with Crippen LogP contribution in [0.1, 0.15) is 31.2 Å². The maximum absolute atomic E-state index is 11.9. The van der Waals surface area contributed by atoms with E-state index in [2.05, 4.69) is 17.9 Å². The summed E-state index contributed by atoms with van der Waals surface area (Å²) in [6.45, 7) is 0.929. The van der Waals surface area contributed by atoms with Crippen molar-refractivity contribution in [1.82, 2.24) is 5.32 Å². The average Bonchev–Trinajstić information content (AvgIpc) is 2.48. The van der Waals surface area contributed by atoms with Crippen LogP contribution in [0.3, 0.4) is 0 Å². The molecule has 0 bridgehead atoms. The number of benzene rings is 1. The van der Waals surface area contributed by atoms with E-state index in [0.717, 1.165) is 23.3 Å². The molecule has 110 valence electrons. The Morgan fingerprint density at radius 2 is 1.85 bits per heavy atom. The van der Waals surface area contributed by atoms with Gasteiger partial charge in [0.2, 0.25) is 5.91 Å². The van der Waals surface area contributed by atoms with Crippen LogP contribution in [-0.2, 0) is 11.2 Å². The first kappa shape index (κ1) is 15.4. The number of aliphatic hydroxyl groups is 1. The molecule has 0 radical (unpaired) electrons. The van der Waals surface area contributed by atoms with E-state index in [4.69, 9.17) is 0 Å². The Morgan fingerprint density at radius 1 is 1.20 bits per heavy atom. The van der Waals surface area contributed by atoms with Gasteiger partial charge in [-0.15, -0.1) is 12.6 Å². The van der Waals surface area contributed by atoms with Gasteiger partial charge in [-0.1, -0.05) is 25.0 Å². The Morgan fingerprint density at radius 3 is 2.50 bits per heavy atom. The number of nitrogens with one attached hydrogen (secondary N) is 1. The summed E-state index contributed by atoms with van der Waals surface area (Å²) in [6.07, 6.45) is 5.01. The summed E-state index contributed by atoms with van der Waals surface area (Å²) in [4.78, 5) is 12.8. The van der Waals surface area contributed by atoms with Crippen molar-refractivity contribution in [3.8, 4) is 0 Å². The van der Waals surface area contributed by atoms with E-state index >= 15 is 0 Å². The standard InChI is InChI=1S/C16H23NO2S/c18-11-14-4-2-1-3-13(14)10-17-16(19)9-12-5-7-15(20)8-6-12/h5-8,13-14,18,20H,1-4,9-11H2,(H,17,19). The van der Waals surface area contributed by atoms with Gasteiger partial charge < -0.3 is 10.4 Å². The molecule has 2 unspecified atom stereocenters. The molecule has 0 aliphatic heterocycles. The smallest absolute Gasteiger partial charge is 0.224 e. The van der Waals surface area contributed by atoms with E-state index in [1.54, 1.807) is 0 Å². The molecule has 4 heteroatoms. The summed E-state index contributed by atoms with van der Waals surface area (Å²) >= 11 is 4.23. The summed E-state index contributed by atoms with van der Waals surface area (Å²) in [6, 6.07) is 7.65. The van der Waals surface area contributed by atoms with Crippen molar-refractivity contribution >= 4 is 18.5 Å². The number of aliphatic hydroxyl groups excluding tert-OH is 1. The second-order valence-corrected chi connectivity index (χ2v) is 6.15. The number of hydrogen-bond acceptors (Lipinski definition) is 3. The highest BCUT2D eigenvalue weighted by Crippen LogP contribution is 2.29. The molecule has 20 heavy (non-hydrogen) atoms. The second kappa shape index (κ2) is 7.70. The summed E-state index contributed by atoms with van der Waals surface area (Å²) in [5.74, 6) is 0.837. The Labute approximate surface area is 126 Å². The number of hydrogen-bond donors (Lipinski definition) is 3. The predicted octanol–water partition coefficient (Wildman–Crippen LogP) is 2.43. The van der Waals surface area contributed by atoms with Crippen molar-refractivity contribution in [1.29, 1.82) is 0 Å². The fourth-order valence-electron chi connectivity index (χ4n) is 2.90. The molecular weight excluding hydrogens is 270 g/mol. The lowest BCUT2D eigenvalue weighted by atomic mass is 9.79. The highest BCUT2D eigenvalue weighted by Gasteiger charge is 2.24. The lowest BCUT2D eigenvalue weighted by Gasteiger charge is -2.30. The lowest BCUT2D eigenvalue weighted by molar-refractivity contribution is -0.120. The SMILES string of the molecule is O=C(Cc1ccc(S)cc1)NCC1CCCCC1CO. The highest BCUT2D eigenvalue weighted by molar-refractivity contribution is 7.80. The molecule has 2 rings (SSSR count). The van der Waals surface area contributed by atoms with Crippen LogP contribution in [0.25, 0.3) is 0 Å². The fourth-order valence-corrected chi connectivity index (χ4v) is 3.05. The van der Waals surface area contributed by atoms with Crippen molar-refractivity contribution in [3.63, 3.8) is 0 Å². The molecule has 1 aliphatic rings. The summed E-state index contributed by atoms with van der Waals surface area (Å²) in [7, 11) is 0. The predicted molar refractivity (Wildman–Crippen MR) is 82.9 cm³/mol. The Balaban J connectivity index is 1.78. The molecule has 0 heterocycles. The molecule has 1 amide bonds. The number of thiol groups is 1. The third-order valence-corrected chi connectivity index (χ3v) is 4.46. The van der Waals surface area contributed by atoms with Crippen molar-refractivity contribution in [2.75, 3.05) is 13.2 Å². The first-order valence-electron chi connectivity index (χ1n) is 7.34. The first-order valence-corrected chi connectivity index (χ1v) is 7.79. The second-order valence-electron chi connectivity index (χ2n) is 5.63. The Bertz CT molecular complexity index is 433. The summed E-state index contributed by atoms with van der Waals surface area (Å²) in [5.41, 5.74) is 1.00. The number of carbonyl (C=O) groups is 1. The minimum Gasteiger partial charge on any atom is -0.396 e. The van der Waals surface area contributed by atoms with E-state index in [9.17, 15) is 9.90 Å². The summed E-state index contributed by atoms with van der Waals surface area (Å²) in [5, 5.41) is 12.4. The maximum atomic E-state index is 11.9. The van der Waals surface area contributed by atoms with Gasteiger partial charge in [-0.05, 0) is 42.4 Å². The van der Waals surface area contributed by atoms with Gasteiger partial charge in [-0.25, -0.2) is 0 Å². The molecule has 1 saturated carbocycles. The summed E-state index contributed by atoms with van der Waals surface area (Å²) < 4.78 is 0. The van der Waals surface area contributed by atoms with Crippen LogP contribution in [0, 0.1) is 11.8 Å². The minimum absolute atomic E-state index is 0.0548. The van der Waals surface area contributed by atoms with E-state index in [1.165, 1.54) is 12.8 Å². The topological polar surface area (TPSA) is 49.3 Å². The normalized spacial score (nSPS) is 22.5. The quantitative estimate of drug-likeness (QED) is 0.730. The molecule has 0 saturated heterocycles. The zero-order chi connectivity index (χ0) is 14.4. The average molecular weight is 293 g/mol. The van der Waals surface area contributed by atoms with Gasteiger partial charge >= 0.3 is 0 Å². The highest BCUT2D eigenvalue weighted by atomic mass is 32.1. The van der Waals surface area contributed by atoms with Gasteiger partial charge in [0.15, 0.2) is 0 Å². The Kier molecular flexibility index (Phi) is 5.92. The van der Waals surface area contributed by atoms with Gasteiger partial charge in [0.1, 0.15) is 0 Å². The zero-order valence-electron chi connectivity index (χ0n) is 11.7. The van der Waals surface area contributed by atoms with Crippen LogP contribution >= 0.6 is 12.6 Å². The van der Waals surface area contributed by atoms with Gasteiger partial charge in [-0.3, -0.25) is 4.79 Å². The van der Waals surface area contributed by atoms with Gasteiger partial charge in [-0.2, -0.15) is 0 Å². The van der Waals surface area contributed by atoms with Crippen molar-refractivity contribution in [2.45, 2.75) is 37.0 Å². The molecule has 1 aromatic carbocycles. The molecule has 1 aromatic rings. The van der Waals surface area contributed by atoms with Crippen LogP contribution in [0.15, 0.2) is 29.2 Å². The van der Waals surface area contributed by atoms with E-state index < -0.39 is 0 Å². The lowest BCUT2D eigenvalue weighted by Crippen LogP contribution is -2.36. The number of rotatable bonds is 5. The molecule has 0 spiro atoms. The molecular formula is C16H23NO2S. The van der Waals surface area contributed by atoms with Crippen LogP contribution < -0.4 is 5.32 Å². The first-order chi connectivity index (χ1) is 9.69. The van der Waals surface area contributed by atoms with Gasteiger partial charge in [0.05, 0.1) is 6.42 Å². The van der Waals surface area contributed by atoms with Crippen LogP contribution in [0.2, 0.25) is 0 Å². The van der Waals surface area contributed by atoms with Crippen LogP contribution in [0.4, 0.5) is 0 Å². The molecule has 1 fully saturated rings. The molecule has 2 atom stereocenters. The third-order valence-electron chi connectivity index (χ3n) is 4.16. The number of amides is 1. The van der Waals surface area contributed by atoms with Crippen molar-refractivity contribution in [2.24, 2.45) is 11.8 Å². The largest absolute Gasteiger partial charge is 0.396 e. The molecule has 0 aromatic heterocycles. The molecule has 3 nitrogen and oxygen atoms in total. The molecule has 2 N–H and O–H groups in total. The number of carbonyl (C=O) groups excluding carboxylic acids is 1. The van der Waals surface area contributed by atoms with E-state index in [1.807, 2.05) is 24.3 Å². The zero-order valence-corrected chi connectivity index (χ0v) is 12.6. The van der Waals surface area contributed by atoms with Crippen molar-refractivity contribution < 1.29 is 9.90 Å². The van der Waals surface area contributed by atoms with E-state index in [0.29, 0.717) is 24.8 Å². The Hall–Kier alpha value is -1.00. The fraction of sp³-hybridized carbons (Fsp3) is 0.562. The minimum atomic E-state index is 0.0548. The monoisotopic (exact) mass is 293 g/mol. The van der Waals surface area contributed by atoms with Crippen LogP contribution in [0.5, 0.6) is 0 Å². The third kappa shape index (κ3) is 4.53. The van der Waals surface area contributed by atoms with E-state index in [-0.39, 0.29) is 12.5 Å². The van der Waals surface area contributed by atoms with Gasteiger partial charge in [0.25, 0.3) is 0 Å². The maximum Gasteiger partial charge on any atom is 0.224 e. The van der Waals surface area contributed by atoms with Crippen LogP contribution in [-0.4, -0.2) is 24.2 Å². The van der Waals surface area contributed by atoms with Crippen molar-refractivity contribution in [3.05, 3.63) is 29.8 Å². The molecule has 1 aliphatic carbocycles. The van der Waals surface area contributed by atoms with Gasteiger partial charge in [0, 0.05) is 18.0 Å².